The fraction of sp³-hybridized carbons (Fsp3) is 0.607. The first-order valence-electron chi connectivity index (χ1n) is 12.5. The average molecular weight is 450 g/mol. The van der Waals surface area contributed by atoms with Gasteiger partial charge in [-0.25, -0.2) is 4.68 Å². The zero-order valence-corrected chi connectivity index (χ0v) is 20.4. The molecule has 3 aliphatic carbocycles. The van der Waals surface area contributed by atoms with Crippen molar-refractivity contribution >= 4 is 0 Å². The van der Waals surface area contributed by atoms with Crippen molar-refractivity contribution in [1.29, 1.82) is 0 Å². The maximum absolute atomic E-state index is 10.6. The molecule has 0 radical (unpaired) electrons. The first kappa shape index (κ1) is 22.7. The summed E-state index contributed by atoms with van der Waals surface area (Å²) in [6.07, 6.45) is 8.57. The standard InChI is InChI=1S/C28H39N3O2/c1-18-5-10-24-23(15-29)25(11-12-27(18,24)2)28(3)14-19-16-30-31(26(19)13-20(28)17-32)21-6-8-22(33-4)9-7-21/h6-9,16,20,23-25,32H,1,5,10-15,17,29H2,2-4H3/t20-,23+,24+,25+,27-,28+/m1/s1. The number of nitrogens with two attached hydrogens (primary N) is 1. The van der Waals surface area contributed by atoms with E-state index in [-0.39, 0.29) is 23.4 Å². The Balaban J connectivity index is 1.48. The Morgan fingerprint density at radius 2 is 1.97 bits per heavy atom. The van der Waals surface area contributed by atoms with Crippen LogP contribution in [-0.4, -0.2) is 35.1 Å². The van der Waals surface area contributed by atoms with Crippen molar-refractivity contribution < 1.29 is 9.84 Å². The van der Waals surface area contributed by atoms with Crippen LogP contribution in [0.4, 0.5) is 0 Å². The number of aliphatic hydroxyl groups excluding tert-OH is 1. The van der Waals surface area contributed by atoms with Crippen LogP contribution in [0.3, 0.4) is 0 Å². The van der Waals surface area contributed by atoms with Gasteiger partial charge >= 0.3 is 0 Å². The number of nitrogens with zero attached hydrogens (tertiary/aromatic N) is 2. The SMILES string of the molecule is C=C1CC[C@H]2[C@H](CN)[C@@H]([C@@]3(C)Cc4cnn(-c5ccc(OC)cc5)c4C[C@@H]3CO)CC[C@]12C. The summed E-state index contributed by atoms with van der Waals surface area (Å²) in [5, 5.41) is 15.4. The lowest BCUT2D eigenvalue weighted by molar-refractivity contribution is -0.0537. The van der Waals surface area contributed by atoms with Gasteiger partial charge in [-0.05, 0) is 109 Å². The summed E-state index contributed by atoms with van der Waals surface area (Å²) in [6.45, 7) is 10.2. The number of rotatable bonds is 5. The number of benzene rings is 1. The van der Waals surface area contributed by atoms with Crippen molar-refractivity contribution in [3.8, 4) is 11.4 Å². The number of hydrogen-bond donors (Lipinski definition) is 2. The highest BCUT2D eigenvalue weighted by Gasteiger charge is 2.56. The van der Waals surface area contributed by atoms with Crippen LogP contribution in [0.1, 0.15) is 50.8 Å². The Morgan fingerprint density at radius 3 is 2.64 bits per heavy atom. The molecular weight excluding hydrogens is 410 g/mol. The third-order valence-electron chi connectivity index (χ3n) is 9.95. The van der Waals surface area contributed by atoms with Gasteiger partial charge in [-0.3, -0.25) is 0 Å². The van der Waals surface area contributed by atoms with Gasteiger partial charge in [0.1, 0.15) is 5.75 Å². The van der Waals surface area contributed by atoms with Gasteiger partial charge in [-0.2, -0.15) is 5.10 Å². The smallest absolute Gasteiger partial charge is 0.119 e. The van der Waals surface area contributed by atoms with E-state index in [1.165, 1.54) is 36.1 Å². The van der Waals surface area contributed by atoms with E-state index in [1.54, 1.807) is 7.11 Å². The van der Waals surface area contributed by atoms with Gasteiger partial charge in [-0.15, -0.1) is 0 Å². The van der Waals surface area contributed by atoms with Crippen LogP contribution in [0.15, 0.2) is 42.6 Å². The van der Waals surface area contributed by atoms with Crippen LogP contribution in [0.25, 0.3) is 5.69 Å². The average Bonchev–Trinajstić information content (AvgIpc) is 3.37. The summed E-state index contributed by atoms with van der Waals surface area (Å²) in [6, 6.07) is 8.04. The van der Waals surface area contributed by atoms with E-state index in [4.69, 9.17) is 15.6 Å². The number of fused-ring (bicyclic) bond motifs is 2. The first-order valence-corrected chi connectivity index (χ1v) is 12.5. The molecule has 0 amide bonds. The fourth-order valence-electron chi connectivity index (χ4n) is 7.79. The molecular formula is C28H39N3O2. The molecule has 6 atom stereocenters. The third-order valence-corrected chi connectivity index (χ3v) is 9.95. The zero-order valence-electron chi connectivity index (χ0n) is 20.4. The monoisotopic (exact) mass is 449 g/mol. The molecule has 3 N–H and O–H groups in total. The van der Waals surface area contributed by atoms with Crippen LogP contribution in [0.2, 0.25) is 0 Å². The van der Waals surface area contributed by atoms with Gasteiger partial charge in [0.15, 0.2) is 0 Å². The van der Waals surface area contributed by atoms with Gasteiger partial charge in [0, 0.05) is 12.3 Å². The summed E-state index contributed by atoms with van der Waals surface area (Å²) >= 11 is 0. The van der Waals surface area contributed by atoms with Crippen LogP contribution in [0, 0.1) is 34.5 Å². The van der Waals surface area contributed by atoms with Crippen molar-refractivity contribution in [1.82, 2.24) is 9.78 Å². The highest BCUT2D eigenvalue weighted by molar-refractivity contribution is 5.40. The molecule has 178 valence electrons. The van der Waals surface area contributed by atoms with Crippen LogP contribution < -0.4 is 10.5 Å². The minimum atomic E-state index is 0.0187. The summed E-state index contributed by atoms with van der Waals surface area (Å²) in [5.41, 5.74) is 11.8. The minimum Gasteiger partial charge on any atom is -0.497 e. The van der Waals surface area contributed by atoms with E-state index in [9.17, 15) is 5.11 Å². The Kier molecular flexibility index (Phi) is 5.69. The number of aliphatic hydroxyl groups is 1. The molecule has 0 spiro atoms. The molecule has 0 saturated heterocycles. The van der Waals surface area contributed by atoms with Crippen LogP contribution in [0.5, 0.6) is 5.75 Å². The Bertz CT molecular complexity index is 1030. The highest BCUT2D eigenvalue weighted by atomic mass is 16.5. The summed E-state index contributed by atoms with van der Waals surface area (Å²) < 4.78 is 7.37. The molecule has 1 aromatic heterocycles. The number of allylic oxidation sites excluding steroid dienone is 1. The lowest BCUT2D eigenvalue weighted by atomic mass is 9.49. The number of methoxy groups -OCH3 is 1. The topological polar surface area (TPSA) is 73.3 Å². The molecule has 0 bridgehead atoms. The highest BCUT2D eigenvalue weighted by Crippen LogP contribution is 2.62. The molecule has 2 saturated carbocycles. The second kappa shape index (κ2) is 8.28. The molecule has 2 fully saturated rings. The van der Waals surface area contributed by atoms with E-state index < -0.39 is 0 Å². The van der Waals surface area contributed by atoms with Crippen molar-refractivity contribution in [2.45, 2.75) is 52.4 Å². The largest absolute Gasteiger partial charge is 0.497 e. The zero-order chi connectivity index (χ0) is 23.4. The predicted octanol–water partition coefficient (Wildman–Crippen LogP) is 4.55. The van der Waals surface area contributed by atoms with Crippen molar-refractivity contribution in [3.05, 3.63) is 53.9 Å². The molecule has 5 nitrogen and oxygen atoms in total. The first-order chi connectivity index (χ1) is 15.9. The normalized spacial score (nSPS) is 35.8. The summed E-state index contributed by atoms with van der Waals surface area (Å²) in [4.78, 5) is 0. The van der Waals surface area contributed by atoms with E-state index in [0.717, 1.165) is 37.2 Å². The molecule has 5 heteroatoms. The molecule has 1 heterocycles. The quantitative estimate of drug-likeness (QED) is 0.657. The van der Waals surface area contributed by atoms with E-state index in [2.05, 4.69) is 25.1 Å². The summed E-state index contributed by atoms with van der Waals surface area (Å²) in [5.74, 6) is 2.66. The maximum atomic E-state index is 10.6. The Hall–Kier alpha value is -2.11. The molecule has 5 rings (SSSR count). The van der Waals surface area contributed by atoms with Gasteiger partial charge in [0.25, 0.3) is 0 Å². The molecule has 1 aromatic carbocycles. The van der Waals surface area contributed by atoms with Gasteiger partial charge in [0.05, 0.1) is 19.0 Å². The van der Waals surface area contributed by atoms with E-state index in [1.807, 2.05) is 30.5 Å². The second-order valence-electron chi connectivity index (χ2n) is 11.2. The van der Waals surface area contributed by atoms with E-state index in [0.29, 0.717) is 17.8 Å². The minimum absolute atomic E-state index is 0.0187. The Morgan fingerprint density at radius 1 is 1.21 bits per heavy atom. The van der Waals surface area contributed by atoms with Gasteiger partial charge in [-0.1, -0.05) is 26.0 Å². The number of aromatic nitrogens is 2. The number of ether oxygens (including phenoxy) is 1. The Labute approximate surface area is 198 Å². The molecule has 3 aliphatic rings. The molecule has 0 unspecified atom stereocenters. The summed E-state index contributed by atoms with van der Waals surface area (Å²) in [7, 11) is 1.68. The predicted molar refractivity (Wildman–Crippen MR) is 131 cm³/mol. The van der Waals surface area contributed by atoms with E-state index >= 15 is 0 Å². The van der Waals surface area contributed by atoms with Gasteiger partial charge in [0.2, 0.25) is 0 Å². The maximum Gasteiger partial charge on any atom is 0.119 e. The lowest BCUT2D eigenvalue weighted by Gasteiger charge is -2.55. The second-order valence-corrected chi connectivity index (χ2v) is 11.2. The fourth-order valence-corrected chi connectivity index (χ4v) is 7.79. The molecule has 33 heavy (non-hydrogen) atoms. The molecule has 2 aromatic rings. The van der Waals surface area contributed by atoms with Crippen molar-refractivity contribution in [2.24, 2.45) is 40.2 Å². The lowest BCUT2D eigenvalue weighted by Crippen LogP contribution is -2.53. The van der Waals surface area contributed by atoms with Crippen molar-refractivity contribution in [3.63, 3.8) is 0 Å². The van der Waals surface area contributed by atoms with Crippen LogP contribution >= 0.6 is 0 Å². The third kappa shape index (κ3) is 3.38. The molecule has 0 aliphatic heterocycles. The number of hydrogen-bond acceptors (Lipinski definition) is 4. The van der Waals surface area contributed by atoms with Crippen LogP contribution in [-0.2, 0) is 12.8 Å². The van der Waals surface area contributed by atoms with Gasteiger partial charge < -0.3 is 15.6 Å². The van der Waals surface area contributed by atoms with Crippen molar-refractivity contribution in [2.75, 3.05) is 20.3 Å².